The molecule has 0 aromatic heterocycles. The molecule has 12 atom stereocenters. The average molecular weight is 530 g/mol. The fourth-order valence-electron chi connectivity index (χ4n) is 9.44. The largest absolute Gasteiger partial charge is 0.393 e. The van der Waals surface area contributed by atoms with Gasteiger partial charge in [-0.2, -0.15) is 8.42 Å². The molecule has 0 aliphatic heterocycles. The predicted octanol–water partition coefficient (Wildman–Crippen LogP) is 2.61. The summed E-state index contributed by atoms with van der Waals surface area (Å²) in [6.07, 6.45) is 5.33. The molecule has 4 unspecified atom stereocenters. The second-order valence-corrected chi connectivity index (χ2v) is 14.8. The van der Waals surface area contributed by atoms with Crippen molar-refractivity contribution in [3.8, 4) is 0 Å². The van der Waals surface area contributed by atoms with Crippen LogP contribution in [0.4, 0.5) is 0 Å². The van der Waals surface area contributed by atoms with E-state index in [4.69, 9.17) is 4.55 Å². The van der Waals surface area contributed by atoms with Gasteiger partial charge in [-0.1, -0.05) is 27.7 Å². The molecule has 4 aliphatic carbocycles. The number of fused-ring (bicyclic) bond motifs is 5. The highest BCUT2D eigenvalue weighted by Crippen LogP contribution is 2.68. The van der Waals surface area contributed by atoms with Crippen LogP contribution in [0.25, 0.3) is 0 Å². The number of nitrogens with one attached hydrogen (secondary N) is 1. The van der Waals surface area contributed by atoms with Gasteiger partial charge in [0.05, 0.1) is 24.1 Å². The molecule has 0 bridgehead atoms. The number of carbonyl (C=O) groups is 1. The lowest BCUT2D eigenvalue weighted by molar-refractivity contribution is -0.207. The maximum Gasteiger partial charge on any atom is 0.266 e. The fourth-order valence-corrected chi connectivity index (χ4v) is 9.80. The molecular formula is C27H47NO7S. The van der Waals surface area contributed by atoms with Crippen LogP contribution in [0.3, 0.4) is 0 Å². The number of amides is 1. The lowest BCUT2D eigenvalue weighted by Crippen LogP contribution is -2.62. The van der Waals surface area contributed by atoms with Gasteiger partial charge in [0.15, 0.2) is 0 Å². The second-order valence-electron chi connectivity index (χ2n) is 13.2. The van der Waals surface area contributed by atoms with E-state index >= 15 is 0 Å². The molecular weight excluding hydrogens is 482 g/mol. The van der Waals surface area contributed by atoms with Gasteiger partial charge in [0, 0.05) is 12.5 Å². The lowest BCUT2D eigenvalue weighted by Gasteiger charge is -2.63. The Morgan fingerprint density at radius 1 is 1.03 bits per heavy atom. The van der Waals surface area contributed by atoms with E-state index in [0.29, 0.717) is 18.8 Å². The molecule has 5 N–H and O–H groups in total. The predicted molar refractivity (Wildman–Crippen MR) is 136 cm³/mol. The standard InChI is InChI=1S/C27H47NO7S/c1-15(11-16(2)25(32)28-9-10-36(33,34)35)19-5-6-20-24-21(14-23(31)27(19,20)4)26(3)8-7-18(29)12-17(26)13-22(24)30/h15-24,29-31H,5-14H2,1-4H3,(H,28,32)(H,33,34,35)/t15-,16-,17?,18-,19-,20?,21?,22+,23+,24?,26+,27-/m1/s1. The minimum absolute atomic E-state index is 0.0454. The smallest absolute Gasteiger partial charge is 0.266 e. The molecule has 4 aliphatic rings. The summed E-state index contributed by atoms with van der Waals surface area (Å²) in [7, 11) is -4.11. The number of aliphatic hydroxyl groups excluding tert-OH is 3. The van der Waals surface area contributed by atoms with Crippen molar-refractivity contribution in [2.45, 2.75) is 97.4 Å². The third kappa shape index (κ3) is 4.99. The second kappa shape index (κ2) is 10.1. The maximum absolute atomic E-state index is 12.5. The quantitative estimate of drug-likeness (QED) is 0.319. The highest BCUT2D eigenvalue weighted by molar-refractivity contribution is 7.85. The molecule has 0 saturated heterocycles. The van der Waals surface area contributed by atoms with Gasteiger partial charge in [0.1, 0.15) is 0 Å². The molecule has 4 fully saturated rings. The van der Waals surface area contributed by atoms with Crippen molar-refractivity contribution in [2.24, 2.45) is 52.3 Å². The zero-order valence-electron chi connectivity index (χ0n) is 22.3. The van der Waals surface area contributed by atoms with Crippen LogP contribution in [0, 0.1) is 52.3 Å². The Hall–Kier alpha value is -0.740. The van der Waals surface area contributed by atoms with Gasteiger partial charge in [0.25, 0.3) is 10.1 Å². The Balaban J connectivity index is 1.46. The van der Waals surface area contributed by atoms with Gasteiger partial charge in [-0.3, -0.25) is 9.35 Å². The van der Waals surface area contributed by atoms with Crippen LogP contribution in [0.15, 0.2) is 0 Å². The molecule has 4 rings (SSSR count). The zero-order valence-corrected chi connectivity index (χ0v) is 23.1. The molecule has 0 aromatic rings. The van der Waals surface area contributed by atoms with Crippen LogP contribution >= 0.6 is 0 Å². The number of hydrogen-bond acceptors (Lipinski definition) is 6. The summed E-state index contributed by atoms with van der Waals surface area (Å²) in [5, 5.41) is 36.0. The van der Waals surface area contributed by atoms with Gasteiger partial charge in [-0.25, -0.2) is 0 Å². The van der Waals surface area contributed by atoms with Gasteiger partial charge < -0.3 is 20.6 Å². The molecule has 1 amide bonds. The molecule has 4 saturated carbocycles. The Labute approximate surface area is 216 Å². The van der Waals surface area contributed by atoms with E-state index in [0.717, 1.165) is 38.5 Å². The number of hydrogen-bond donors (Lipinski definition) is 5. The van der Waals surface area contributed by atoms with Crippen LogP contribution in [-0.4, -0.2) is 64.8 Å². The normalized spacial score (nSPS) is 46.2. The minimum atomic E-state index is -4.11. The number of rotatable bonds is 7. The van der Waals surface area contributed by atoms with Crippen LogP contribution < -0.4 is 5.32 Å². The molecule has 0 radical (unpaired) electrons. The number of carbonyl (C=O) groups excluding carboxylic acids is 1. The highest BCUT2D eigenvalue weighted by Gasteiger charge is 2.65. The van der Waals surface area contributed by atoms with Gasteiger partial charge in [-0.15, -0.1) is 0 Å². The molecule has 36 heavy (non-hydrogen) atoms. The van der Waals surface area contributed by atoms with Gasteiger partial charge in [-0.05, 0) is 97.7 Å². The Bertz CT molecular complexity index is 927. The van der Waals surface area contributed by atoms with Crippen LogP contribution in [-0.2, 0) is 14.9 Å². The molecule has 9 heteroatoms. The first-order valence-corrected chi connectivity index (χ1v) is 15.6. The summed E-state index contributed by atoms with van der Waals surface area (Å²) in [4.78, 5) is 12.5. The lowest BCUT2D eigenvalue weighted by atomic mass is 9.43. The third-order valence-corrected chi connectivity index (χ3v) is 12.1. The topological polar surface area (TPSA) is 144 Å². The van der Waals surface area contributed by atoms with Gasteiger partial charge >= 0.3 is 0 Å². The van der Waals surface area contributed by atoms with Crippen LogP contribution in [0.2, 0.25) is 0 Å². The summed E-state index contributed by atoms with van der Waals surface area (Å²) >= 11 is 0. The highest BCUT2D eigenvalue weighted by atomic mass is 32.2. The van der Waals surface area contributed by atoms with Crippen molar-refractivity contribution in [1.29, 1.82) is 0 Å². The molecule has 0 aromatic carbocycles. The SMILES string of the molecule is C[C@H](C[C@@H](C)[C@H]1CCC2C3C(C[C@H](O)[C@@]21C)[C@@]1(C)CC[C@@H](O)CC1C[C@@H]3O)C(=O)NCCS(=O)(=O)O. The van der Waals surface area contributed by atoms with E-state index in [-0.39, 0.29) is 64.9 Å². The first-order chi connectivity index (χ1) is 16.7. The van der Waals surface area contributed by atoms with Crippen molar-refractivity contribution in [2.75, 3.05) is 12.3 Å². The van der Waals surface area contributed by atoms with Gasteiger partial charge in [0.2, 0.25) is 5.91 Å². The molecule has 8 nitrogen and oxygen atoms in total. The zero-order chi connectivity index (χ0) is 26.6. The first kappa shape index (κ1) is 28.3. The summed E-state index contributed by atoms with van der Waals surface area (Å²) in [5.41, 5.74) is -0.274. The monoisotopic (exact) mass is 529 g/mol. The Morgan fingerprint density at radius 3 is 2.39 bits per heavy atom. The summed E-state index contributed by atoms with van der Waals surface area (Å²) in [6, 6.07) is 0. The van der Waals surface area contributed by atoms with Crippen LogP contribution in [0.1, 0.15) is 79.1 Å². The third-order valence-electron chi connectivity index (χ3n) is 11.4. The molecule has 0 heterocycles. The van der Waals surface area contributed by atoms with E-state index in [1.807, 2.05) is 6.92 Å². The van der Waals surface area contributed by atoms with Crippen molar-refractivity contribution in [1.82, 2.24) is 5.32 Å². The van der Waals surface area contributed by atoms with Crippen molar-refractivity contribution < 1.29 is 33.1 Å². The molecule has 208 valence electrons. The fraction of sp³-hybridized carbons (Fsp3) is 0.963. The molecule has 0 spiro atoms. The number of aliphatic hydroxyl groups is 3. The van der Waals surface area contributed by atoms with Crippen molar-refractivity contribution in [3.63, 3.8) is 0 Å². The van der Waals surface area contributed by atoms with Crippen molar-refractivity contribution in [3.05, 3.63) is 0 Å². The van der Waals surface area contributed by atoms with E-state index in [9.17, 15) is 28.5 Å². The summed E-state index contributed by atoms with van der Waals surface area (Å²) < 4.78 is 30.7. The van der Waals surface area contributed by atoms with E-state index < -0.39 is 28.1 Å². The average Bonchev–Trinajstić information content (AvgIpc) is 3.13. The minimum Gasteiger partial charge on any atom is -0.393 e. The Kier molecular flexibility index (Phi) is 7.93. The maximum atomic E-state index is 12.5. The van der Waals surface area contributed by atoms with E-state index in [2.05, 4.69) is 26.1 Å². The van der Waals surface area contributed by atoms with E-state index in [1.54, 1.807) is 0 Å². The van der Waals surface area contributed by atoms with Crippen LogP contribution in [0.5, 0.6) is 0 Å². The summed E-state index contributed by atoms with van der Waals surface area (Å²) in [5.74, 6) is 0.324. The summed E-state index contributed by atoms with van der Waals surface area (Å²) in [6.45, 7) is 8.41. The van der Waals surface area contributed by atoms with E-state index in [1.165, 1.54) is 0 Å². The Morgan fingerprint density at radius 2 is 1.72 bits per heavy atom. The van der Waals surface area contributed by atoms with Crippen molar-refractivity contribution >= 4 is 16.0 Å². The first-order valence-electron chi connectivity index (χ1n) is 14.0.